The Labute approximate surface area is 129 Å². The molecule has 0 saturated heterocycles. The minimum Gasteiger partial charge on any atom is -0.342 e. The molecule has 0 saturated carbocycles. The summed E-state index contributed by atoms with van der Waals surface area (Å²) in [5.41, 5.74) is 1.44. The van der Waals surface area contributed by atoms with E-state index in [0.29, 0.717) is 5.69 Å². The zero-order valence-electron chi connectivity index (χ0n) is 12.0. The Morgan fingerprint density at radius 2 is 1.83 bits per heavy atom. The average molecular weight is 319 g/mol. The molecule has 23 heavy (non-hydrogen) atoms. The highest BCUT2D eigenvalue weighted by Crippen LogP contribution is 2.29. The molecule has 1 heterocycles. The third-order valence-electron chi connectivity index (χ3n) is 3.33. The van der Waals surface area contributed by atoms with Crippen molar-refractivity contribution in [3.05, 3.63) is 59.4 Å². The molecule has 0 unspecified atom stereocenters. The van der Waals surface area contributed by atoms with Gasteiger partial charge in [-0.25, -0.2) is 4.98 Å². The minimum absolute atomic E-state index is 0.152. The normalized spacial score (nSPS) is 11.7. The van der Waals surface area contributed by atoms with Crippen LogP contribution >= 0.6 is 0 Å². The second kappa shape index (κ2) is 5.42. The quantitative estimate of drug-likeness (QED) is 0.746. The number of imidazole rings is 1. The van der Waals surface area contributed by atoms with Crippen molar-refractivity contribution < 1.29 is 18.0 Å². The number of nitrogens with zero attached hydrogens (tertiary/aromatic N) is 1. The van der Waals surface area contributed by atoms with Crippen LogP contribution in [0.4, 0.5) is 18.9 Å². The number of nitrogens with one attached hydrogen (secondary N) is 2. The average Bonchev–Trinajstić information content (AvgIpc) is 2.86. The molecule has 2 N–H and O–H groups in total. The van der Waals surface area contributed by atoms with Gasteiger partial charge in [0.05, 0.1) is 16.6 Å². The minimum atomic E-state index is -4.42. The van der Waals surface area contributed by atoms with Crippen LogP contribution in [0.1, 0.15) is 21.7 Å². The van der Waals surface area contributed by atoms with Gasteiger partial charge in [-0.05, 0) is 49.4 Å². The van der Waals surface area contributed by atoms with Gasteiger partial charge in [-0.1, -0.05) is 0 Å². The number of carbonyl (C=O) groups is 1. The Kier molecular flexibility index (Phi) is 3.55. The molecule has 3 aromatic rings. The van der Waals surface area contributed by atoms with Gasteiger partial charge in [0.2, 0.25) is 0 Å². The van der Waals surface area contributed by atoms with Crippen molar-refractivity contribution in [3.8, 4) is 0 Å². The first-order valence-electron chi connectivity index (χ1n) is 6.78. The van der Waals surface area contributed by atoms with E-state index in [0.717, 1.165) is 41.1 Å². The summed E-state index contributed by atoms with van der Waals surface area (Å²) < 4.78 is 37.5. The molecule has 7 heteroatoms. The molecule has 0 fully saturated rings. The molecule has 0 aliphatic carbocycles. The second-order valence-corrected chi connectivity index (χ2v) is 5.08. The van der Waals surface area contributed by atoms with Crippen LogP contribution in [0.2, 0.25) is 0 Å². The van der Waals surface area contributed by atoms with Gasteiger partial charge in [-0.2, -0.15) is 13.2 Å². The standard InChI is InChI=1S/C16H12F3N3O/c1-9-20-13-7-6-12(8-14(13)21-9)22-15(23)10-2-4-11(5-3-10)16(17,18)19/h2-8H,1H3,(H,20,21)(H,22,23). The fraction of sp³-hybridized carbons (Fsp3) is 0.125. The Hall–Kier alpha value is -2.83. The van der Waals surface area contributed by atoms with E-state index in [1.807, 2.05) is 6.92 Å². The van der Waals surface area contributed by atoms with Crippen LogP contribution in [0.5, 0.6) is 0 Å². The zero-order chi connectivity index (χ0) is 16.6. The monoisotopic (exact) mass is 319 g/mol. The SMILES string of the molecule is Cc1nc2ccc(NC(=O)c3ccc(C(F)(F)F)cc3)cc2[nH]1. The number of fused-ring (bicyclic) bond motifs is 1. The summed E-state index contributed by atoms with van der Waals surface area (Å²) in [4.78, 5) is 19.4. The van der Waals surface area contributed by atoms with Gasteiger partial charge in [-0.3, -0.25) is 4.79 Å². The van der Waals surface area contributed by atoms with Gasteiger partial charge < -0.3 is 10.3 Å². The molecule has 0 radical (unpaired) electrons. The number of hydrogen-bond acceptors (Lipinski definition) is 2. The van der Waals surface area contributed by atoms with E-state index in [-0.39, 0.29) is 5.56 Å². The van der Waals surface area contributed by atoms with Crippen LogP contribution in [0.25, 0.3) is 11.0 Å². The Morgan fingerprint density at radius 3 is 2.48 bits per heavy atom. The van der Waals surface area contributed by atoms with Gasteiger partial charge in [0.25, 0.3) is 5.91 Å². The van der Waals surface area contributed by atoms with E-state index in [9.17, 15) is 18.0 Å². The van der Waals surface area contributed by atoms with E-state index in [1.54, 1.807) is 18.2 Å². The highest BCUT2D eigenvalue weighted by molar-refractivity contribution is 6.05. The van der Waals surface area contributed by atoms with Gasteiger partial charge >= 0.3 is 6.18 Å². The largest absolute Gasteiger partial charge is 0.416 e. The highest BCUT2D eigenvalue weighted by atomic mass is 19.4. The van der Waals surface area contributed by atoms with E-state index in [1.165, 1.54) is 0 Å². The van der Waals surface area contributed by atoms with E-state index in [2.05, 4.69) is 15.3 Å². The molecule has 0 atom stereocenters. The number of alkyl halides is 3. The van der Waals surface area contributed by atoms with Crippen molar-refractivity contribution in [3.63, 3.8) is 0 Å². The number of aryl methyl sites for hydroxylation is 1. The number of aromatic amines is 1. The molecular weight excluding hydrogens is 307 g/mol. The zero-order valence-corrected chi connectivity index (χ0v) is 12.0. The third kappa shape index (κ3) is 3.18. The highest BCUT2D eigenvalue weighted by Gasteiger charge is 2.30. The molecule has 1 aromatic heterocycles. The molecule has 0 aliphatic rings. The Bertz CT molecular complexity index is 866. The van der Waals surface area contributed by atoms with Crippen LogP contribution in [0.3, 0.4) is 0 Å². The Balaban J connectivity index is 1.79. The van der Waals surface area contributed by atoms with Gasteiger partial charge in [0, 0.05) is 11.3 Å². The number of anilines is 1. The lowest BCUT2D eigenvalue weighted by atomic mass is 10.1. The molecule has 1 amide bonds. The second-order valence-electron chi connectivity index (χ2n) is 5.08. The third-order valence-corrected chi connectivity index (χ3v) is 3.33. The lowest BCUT2D eigenvalue weighted by Crippen LogP contribution is -2.12. The van der Waals surface area contributed by atoms with Crippen molar-refractivity contribution in [2.75, 3.05) is 5.32 Å². The summed E-state index contributed by atoms with van der Waals surface area (Å²) in [6.07, 6.45) is -4.42. The number of aromatic nitrogens is 2. The van der Waals surface area contributed by atoms with Crippen LogP contribution < -0.4 is 5.32 Å². The van der Waals surface area contributed by atoms with Gasteiger partial charge in [0.1, 0.15) is 5.82 Å². The van der Waals surface area contributed by atoms with Crippen LogP contribution in [-0.2, 0) is 6.18 Å². The maximum Gasteiger partial charge on any atom is 0.416 e. The summed E-state index contributed by atoms with van der Waals surface area (Å²) in [5.74, 6) is 0.278. The van der Waals surface area contributed by atoms with E-state index < -0.39 is 17.6 Å². The maximum atomic E-state index is 12.5. The molecular formula is C16H12F3N3O. The summed E-state index contributed by atoms with van der Waals surface area (Å²) >= 11 is 0. The lowest BCUT2D eigenvalue weighted by Gasteiger charge is -2.08. The van der Waals surface area contributed by atoms with Crippen molar-refractivity contribution in [1.82, 2.24) is 9.97 Å². The number of rotatable bonds is 2. The number of halogens is 3. The van der Waals surface area contributed by atoms with Gasteiger partial charge in [-0.15, -0.1) is 0 Å². The van der Waals surface area contributed by atoms with E-state index in [4.69, 9.17) is 0 Å². The van der Waals surface area contributed by atoms with Crippen molar-refractivity contribution in [2.24, 2.45) is 0 Å². The summed E-state index contributed by atoms with van der Waals surface area (Å²) in [6.45, 7) is 1.82. The number of hydrogen-bond donors (Lipinski definition) is 2. The molecule has 4 nitrogen and oxygen atoms in total. The number of benzene rings is 2. The first-order valence-corrected chi connectivity index (χ1v) is 6.78. The maximum absolute atomic E-state index is 12.5. The number of H-pyrrole nitrogens is 1. The predicted octanol–water partition coefficient (Wildman–Crippen LogP) is 4.14. The summed E-state index contributed by atoms with van der Waals surface area (Å²) in [7, 11) is 0. The fourth-order valence-electron chi connectivity index (χ4n) is 2.23. The number of amides is 1. The fourth-order valence-corrected chi connectivity index (χ4v) is 2.23. The lowest BCUT2D eigenvalue weighted by molar-refractivity contribution is -0.137. The van der Waals surface area contributed by atoms with Crippen molar-refractivity contribution in [2.45, 2.75) is 13.1 Å². The molecule has 2 aromatic carbocycles. The Morgan fingerprint density at radius 1 is 1.13 bits per heavy atom. The molecule has 118 valence electrons. The topological polar surface area (TPSA) is 57.8 Å². The van der Waals surface area contributed by atoms with Crippen molar-refractivity contribution in [1.29, 1.82) is 0 Å². The predicted molar refractivity (Wildman–Crippen MR) is 80.2 cm³/mol. The smallest absolute Gasteiger partial charge is 0.342 e. The van der Waals surface area contributed by atoms with E-state index >= 15 is 0 Å². The summed E-state index contributed by atoms with van der Waals surface area (Å²) in [5, 5.41) is 2.65. The van der Waals surface area contributed by atoms with Gasteiger partial charge in [0.15, 0.2) is 0 Å². The summed E-state index contributed by atoms with van der Waals surface area (Å²) in [6, 6.07) is 9.23. The number of carbonyl (C=O) groups excluding carboxylic acids is 1. The first-order chi connectivity index (χ1) is 10.8. The molecule has 0 spiro atoms. The van der Waals surface area contributed by atoms with Crippen LogP contribution in [0.15, 0.2) is 42.5 Å². The first kappa shape index (κ1) is 15.1. The van der Waals surface area contributed by atoms with Crippen molar-refractivity contribution >= 4 is 22.6 Å². The molecule has 0 aliphatic heterocycles. The molecule has 0 bridgehead atoms. The van der Waals surface area contributed by atoms with Crippen LogP contribution in [-0.4, -0.2) is 15.9 Å². The molecule has 3 rings (SSSR count). The van der Waals surface area contributed by atoms with Crippen LogP contribution in [0, 0.1) is 6.92 Å².